The SMILES string of the molecule is C[C@H](C(=O)Nc1ccc(F)cc1Cl)N1CCN(Cc2ccccc2)CC1. The first kappa shape index (κ1) is 18.8. The van der Waals surface area contributed by atoms with Gasteiger partial charge in [-0.1, -0.05) is 41.9 Å². The number of benzene rings is 2. The van der Waals surface area contributed by atoms with Gasteiger partial charge in [-0.05, 0) is 30.7 Å². The first-order valence-corrected chi connectivity index (χ1v) is 9.17. The van der Waals surface area contributed by atoms with E-state index in [1.54, 1.807) is 0 Å². The molecule has 1 saturated heterocycles. The Kier molecular flexibility index (Phi) is 6.25. The lowest BCUT2D eigenvalue weighted by atomic mass is 10.1. The van der Waals surface area contributed by atoms with Crippen molar-refractivity contribution in [3.05, 3.63) is 64.9 Å². The molecule has 2 aromatic rings. The first-order chi connectivity index (χ1) is 12.5. The summed E-state index contributed by atoms with van der Waals surface area (Å²) in [5.74, 6) is -0.550. The Morgan fingerprint density at radius 3 is 2.50 bits per heavy atom. The van der Waals surface area contributed by atoms with Gasteiger partial charge in [-0.2, -0.15) is 0 Å². The number of anilines is 1. The van der Waals surface area contributed by atoms with E-state index in [-0.39, 0.29) is 17.0 Å². The van der Waals surface area contributed by atoms with E-state index in [2.05, 4.69) is 39.4 Å². The van der Waals surface area contributed by atoms with Gasteiger partial charge in [-0.3, -0.25) is 14.6 Å². The predicted molar refractivity (Wildman–Crippen MR) is 103 cm³/mol. The Hall–Kier alpha value is -1.95. The van der Waals surface area contributed by atoms with Crippen molar-refractivity contribution in [2.45, 2.75) is 19.5 Å². The molecule has 0 spiro atoms. The number of rotatable bonds is 5. The van der Waals surface area contributed by atoms with Crippen molar-refractivity contribution in [2.24, 2.45) is 0 Å². The van der Waals surface area contributed by atoms with E-state index in [0.717, 1.165) is 32.7 Å². The zero-order valence-electron chi connectivity index (χ0n) is 14.8. The number of halogens is 2. The normalized spacial score (nSPS) is 17.0. The van der Waals surface area contributed by atoms with Gasteiger partial charge in [0.25, 0.3) is 0 Å². The van der Waals surface area contributed by atoms with Crippen LogP contribution in [-0.2, 0) is 11.3 Å². The van der Waals surface area contributed by atoms with Crippen LogP contribution < -0.4 is 5.32 Å². The maximum Gasteiger partial charge on any atom is 0.241 e. The van der Waals surface area contributed by atoms with Crippen molar-refractivity contribution in [3.63, 3.8) is 0 Å². The highest BCUT2D eigenvalue weighted by atomic mass is 35.5. The van der Waals surface area contributed by atoms with Gasteiger partial charge in [0.1, 0.15) is 5.82 Å². The maximum absolute atomic E-state index is 13.1. The highest BCUT2D eigenvalue weighted by Crippen LogP contribution is 2.23. The Balaban J connectivity index is 1.51. The second-order valence-electron chi connectivity index (χ2n) is 6.59. The summed E-state index contributed by atoms with van der Waals surface area (Å²) in [5, 5.41) is 3.00. The summed E-state index contributed by atoms with van der Waals surface area (Å²) in [5.41, 5.74) is 1.74. The van der Waals surface area contributed by atoms with Gasteiger partial charge in [0.15, 0.2) is 0 Å². The minimum absolute atomic E-state index is 0.130. The largest absolute Gasteiger partial charge is 0.323 e. The van der Waals surface area contributed by atoms with Crippen LogP contribution in [0.15, 0.2) is 48.5 Å². The smallest absolute Gasteiger partial charge is 0.241 e. The third kappa shape index (κ3) is 4.81. The van der Waals surface area contributed by atoms with Crippen molar-refractivity contribution < 1.29 is 9.18 Å². The molecule has 1 fully saturated rings. The Labute approximate surface area is 158 Å². The van der Waals surface area contributed by atoms with E-state index in [1.165, 1.54) is 23.8 Å². The number of hydrogen-bond donors (Lipinski definition) is 1. The van der Waals surface area contributed by atoms with E-state index in [0.29, 0.717) is 5.69 Å². The topological polar surface area (TPSA) is 35.6 Å². The van der Waals surface area contributed by atoms with Crippen molar-refractivity contribution in [1.29, 1.82) is 0 Å². The van der Waals surface area contributed by atoms with E-state index in [1.807, 2.05) is 13.0 Å². The zero-order chi connectivity index (χ0) is 18.5. The van der Waals surface area contributed by atoms with Crippen molar-refractivity contribution >= 4 is 23.2 Å². The number of nitrogens with one attached hydrogen (secondary N) is 1. The summed E-state index contributed by atoms with van der Waals surface area (Å²) in [6, 6.07) is 14.1. The quantitative estimate of drug-likeness (QED) is 0.866. The Bertz CT molecular complexity index is 748. The number of piperazine rings is 1. The molecule has 0 saturated carbocycles. The molecule has 138 valence electrons. The summed E-state index contributed by atoms with van der Waals surface area (Å²) < 4.78 is 13.1. The van der Waals surface area contributed by atoms with Crippen LogP contribution in [-0.4, -0.2) is 47.9 Å². The summed E-state index contributed by atoms with van der Waals surface area (Å²) in [6.07, 6.45) is 0. The van der Waals surface area contributed by atoms with E-state index in [9.17, 15) is 9.18 Å². The molecule has 1 amide bonds. The molecule has 1 heterocycles. The number of carbonyl (C=O) groups excluding carboxylic acids is 1. The fourth-order valence-electron chi connectivity index (χ4n) is 3.14. The minimum atomic E-state index is -0.421. The molecule has 3 rings (SSSR count). The number of carbonyl (C=O) groups is 1. The molecule has 26 heavy (non-hydrogen) atoms. The molecule has 6 heteroatoms. The first-order valence-electron chi connectivity index (χ1n) is 8.79. The molecule has 4 nitrogen and oxygen atoms in total. The van der Waals surface area contributed by atoms with E-state index < -0.39 is 5.82 Å². The molecule has 1 N–H and O–H groups in total. The van der Waals surface area contributed by atoms with Crippen LogP contribution in [0.4, 0.5) is 10.1 Å². The predicted octanol–water partition coefficient (Wildman–Crippen LogP) is 3.62. The molecule has 0 aromatic heterocycles. The second-order valence-corrected chi connectivity index (χ2v) is 6.99. The number of nitrogens with zero attached hydrogens (tertiary/aromatic N) is 2. The van der Waals surface area contributed by atoms with Crippen molar-refractivity contribution in [3.8, 4) is 0 Å². The summed E-state index contributed by atoms with van der Waals surface area (Å²) >= 11 is 5.99. The lowest BCUT2D eigenvalue weighted by molar-refractivity contribution is -0.121. The molecule has 0 unspecified atom stereocenters. The zero-order valence-corrected chi connectivity index (χ0v) is 15.5. The van der Waals surface area contributed by atoms with E-state index in [4.69, 9.17) is 11.6 Å². The standard InChI is InChI=1S/C20H23ClFN3O/c1-15(20(26)23-19-8-7-17(22)13-18(19)21)25-11-9-24(10-12-25)14-16-5-3-2-4-6-16/h2-8,13,15H,9-12,14H2,1H3,(H,23,26)/t15-/m1/s1. The molecule has 1 aliphatic rings. The van der Waals surface area contributed by atoms with Crippen LogP contribution in [0.2, 0.25) is 5.02 Å². The lowest BCUT2D eigenvalue weighted by Gasteiger charge is -2.37. The molecular weight excluding hydrogens is 353 g/mol. The average molecular weight is 376 g/mol. The second kappa shape index (κ2) is 8.62. The van der Waals surface area contributed by atoms with Gasteiger partial charge in [-0.25, -0.2) is 4.39 Å². The third-order valence-corrected chi connectivity index (χ3v) is 5.08. The Morgan fingerprint density at radius 1 is 1.15 bits per heavy atom. The molecular formula is C20H23ClFN3O. The van der Waals surface area contributed by atoms with Crippen LogP contribution in [0.25, 0.3) is 0 Å². The van der Waals surface area contributed by atoms with Gasteiger partial charge in [-0.15, -0.1) is 0 Å². The number of hydrogen-bond acceptors (Lipinski definition) is 3. The van der Waals surface area contributed by atoms with Gasteiger partial charge in [0.2, 0.25) is 5.91 Å². The van der Waals surface area contributed by atoms with Gasteiger partial charge in [0, 0.05) is 32.7 Å². The highest BCUT2D eigenvalue weighted by Gasteiger charge is 2.26. The van der Waals surface area contributed by atoms with Crippen molar-refractivity contribution in [1.82, 2.24) is 9.80 Å². The fraction of sp³-hybridized carbons (Fsp3) is 0.350. The van der Waals surface area contributed by atoms with Crippen LogP contribution in [0.3, 0.4) is 0 Å². The van der Waals surface area contributed by atoms with Crippen LogP contribution in [0.5, 0.6) is 0 Å². The van der Waals surface area contributed by atoms with Crippen LogP contribution in [0.1, 0.15) is 12.5 Å². The molecule has 2 aromatic carbocycles. The van der Waals surface area contributed by atoms with Crippen LogP contribution in [0, 0.1) is 5.82 Å². The number of amides is 1. The molecule has 0 radical (unpaired) electrons. The summed E-state index contributed by atoms with van der Waals surface area (Å²) in [6.45, 7) is 6.32. The van der Waals surface area contributed by atoms with Gasteiger partial charge >= 0.3 is 0 Å². The van der Waals surface area contributed by atoms with Crippen LogP contribution >= 0.6 is 11.6 Å². The summed E-state index contributed by atoms with van der Waals surface area (Å²) in [7, 11) is 0. The Morgan fingerprint density at radius 2 is 1.85 bits per heavy atom. The molecule has 0 bridgehead atoms. The molecule has 0 aliphatic carbocycles. The maximum atomic E-state index is 13.1. The summed E-state index contributed by atoms with van der Waals surface area (Å²) in [4.78, 5) is 17.1. The van der Waals surface area contributed by atoms with Gasteiger partial charge in [0.05, 0.1) is 16.8 Å². The third-order valence-electron chi connectivity index (χ3n) is 4.77. The minimum Gasteiger partial charge on any atom is -0.323 e. The average Bonchev–Trinajstić information content (AvgIpc) is 2.65. The highest BCUT2D eigenvalue weighted by molar-refractivity contribution is 6.33. The van der Waals surface area contributed by atoms with Gasteiger partial charge < -0.3 is 5.32 Å². The van der Waals surface area contributed by atoms with E-state index >= 15 is 0 Å². The monoisotopic (exact) mass is 375 g/mol. The lowest BCUT2D eigenvalue weighted by Crippen LogP contribution is -2.52. The van der Waals surface area contributed by atoms with Crippen molar-refractivity contribution in [2.75, 3.05) is 31.5 Å². The fourth-order valence-corrected chi connectivity index (χ4v) is 3.36. The molecule has 1 aliphatic heterocycles. The molecule has 1 atom stereocenters.